The van der Waals surface area contributed by atoms with E-state index in [1.165, 1.54) is 0 Å². The highest BCUT2D eigenvalue weighted by Crippen LogP contribution is 2.09. The van der Waals surface area contributed by atoms with Crippen LogP contribution in [0.1, 0.15) is 18.4 Å². The summed E-state index contributed by atoms with van der Waals surface area (Å²) in [5.74, 6) is -0.817. The molecule has 0 fully saturated rings. The second-order valence-electron chi connectivity index (χ2n) is 3.51. The number of anilines is 1. The summed E-state index contributed by atoms with van der Waals surface area (Å²) in [6.07, 6.45) is 0.0845. The number of benzene rings is 1. The molecule has 0 saturated carbocycles. The van der Waals surface area contributed by atoms with Crippen molar-refractivity contribution in [3.63, 3.8) is 0 Å². The molecule has 0 bridgehead atoms. The third-order valence-electron chi connectivity index (χ3n) is 2.08. The first-order chi connectivity index (χ1) is 7.99. The van der Waals surface area contributed by atoms with E-state index in [-0.39, 0.29) is 24.6 Å². The fraction of sp³-hybridized carbons (Fsp3) is 0.182. The molecular weight excluding hydrogens is 220 g/mol. The molecule has 90 valence electrons. The van der Waals surface area contributed by atoms with Gasteiger partial charge in [-0.25, -0.2) is 0 Å². The molecule has 0 spiro atoms. The maximum Gasteiger partial charge on any atom is 0.224 e. The zero-order valence-corrected chi connectivity index (χ0v) is 9.19. The van der Waals surface area contributed by atoms with Gasteiger partial charge in [0.05, 0.1) is 0 Å². The van der Waals surface area contributed by atoms with Crippen LogP contribution in [0, 0.1) is 5.41 Å². The van der Waals surface area contributed by atoms with E-state index in [9.17, 15) is 9.59 Å². The molecule has 6 nitrogen and oxygen atoms in total. The van der Waals surface area contributed by atoms with Crippen LogP contribution in [-0.4, -0.2) is 17.6 Å². The minimum absolute atomic E-state index is 0.0252. The van der Waals surface area contributed by atoms with E-state index in [0.717, 1.165) is 0 Å². The standard InChI is InChI=1S/C11H14N4O2/c12-9(16)5-6-10(17)15-8-3-1-7(2-4-8)11(13)14/h1-4H,5-6H2,(H2,12,16)(H3,13,14)(H,15,17). The molecule has 6 heteroatoms. The van der Waals surface area contributed by atoms with Crippen LogP contribution >= 0.6 is 0 Å². The van der Waals surface area contributed by atoms with Crippen LogP contribution in [0.25, 0.3) is 0 Å². The number of amidine groups is 1. The number of rotatable bonds is 5. The van der Waals surface area contributed by atoms with E-state index < -0.39 is 5.91 Å². The molecule has 17 heavy (non-hydrogen) atoms. The number of nitrogens with two attached hydrogens (primary N) is 2. The van der Waals surface area contributed by atoms with Gasteiger partial charge in [-0.2, -0.15) is 0 Å². The number of carbonyl (C=O) groups excluding carboxylic acids is 2. The van der Waals surface area contributed by atoms with Crippen LogP contribution in [-0.2, 0) is 9.59 Å². The van der Waals surface area contributed by atoms with Crippen LogP contribution in [0.2, 0.25) is 0 Å². The number of nitrogen functional groups attached to an aromatic ring is 1. The molecule has 0 atom stereocenters. The molecular formula is C11H14N4O2. The summed E-state index contributed by atoms with van der Waals surface area (Å²) < 4.78 is 0. The molecule has 0 heterocycles. The Morgan fingerprint density at radius 1 is 1.12 bits per heavy atom. The number of hydrogen-bond donors (Lipinski definition) is 4. The first-order valence-corrected chi connectivity index (χ1v) is 5.01. The number of carbonyl (C=O) groups is 2. The van der Waals surface area contributed by atoms with Crippen molar-refractivity contribution < 1.29 is 9.59 Å². The fourth-order valence-corrected chi connectivity index (χ4v) is 1.19. The lowest BCUT2D eigenvalue weighted by Crippen LogP contribution is -2.17. The van der Waals surface area contributed by atoms with Crippen molar-refractivity contribution >= 4 is 23.3 Å². The van der Waals surface area contributed by atoms with Gasteiger partial charge in [-0.3, -0.25) is 15.0 Å². The van der Waals surface area contributed by atoms with Gasteiger partial charge in [-0.15, -0.1) is 0 Å². The normalized spacial score (nSPS) is 9.65. The van der Waals surface area contributed by atoms with Crippen molar-refractivity contribution in [2.24, 2.45) is 11.5 Å². The van der Waals surface area contributed by atoms with Gasteiger partial charge in [-0.05, 0) is 24.3 Å². The van der Waals surface area contributed by atoms with Crippen molar-refractivity contribution in [3.05, 3.63) is 29.8 Å². The van der Waals surface area contributed by atoms with E-state index in [2.05, 4.69) is 5.32 Å². The van der Waals surface area contributed by atoms with Gasteiger partial charge in [0.15, 0.2) is 0 Å². The zero-order chi connectivity index (χ0) is 12.8. The molecule has 0 aromatic heterocycles. The molecule has 2 amide bonds. The molecule has 6 N–H and O–H groups in total. The van der Waals surface area contributed by atoms with Gasteiger partial charge < -0.3 is 16.8 Å². The summed E-state index contributed by atoms with van der Waals surface area (Å²) in [4.78, 5) is 21.8. The topological polar surface area (TPSA) is 122 Å². The van der Waals surface area contributed by atoms with Crippen LogP contribution in [0.5, 0.6) is 0 Å². The van der Waals surface area contributed by atoms with Crippen molar-refractivity contribution in [2.45, 2.75) is 12.8 Å². The third-order valence-corrected chi connectivity index (χ3v) is 2.08. The molecule has 0 aliphatic carbocycles. The zero-order valence-electron chi connectivity index (χ0n) is 9.19. The number of primary amides is 1. The largest absolute Gasteiger partial charge is 0.384 e. The Bertz CT molecular complexity index is 439. The predicted octanol–water partition coefficient (Wildman–Crippen LogP) is 0.175. The van der Waals surface area contributed by atoms with Crippen molar-refractivity contribution in [2.75, 3.05) is 5.32 Å². The van der Waals surface area contributed by atoms with Gasteiger partial charge in [0.25, 0.3) is 0 Å². The summed E-state index contributed by atoms with van der Waals surface area (Å²) in [7, 11) is 0. The minimum atomic E-state index is -0.507. The Morgan fingerprint density at radius 2 is 1.71 bits per heavy atom. The van der Waals surface area contributed by atoms with Gasteiger partial charge >= 0.3 is 0 Å². The fourth-order valence-electron chi connectivity index (χ4n) is 1.19. The summed E-state index contributed by atoms with van der Waals surface area (Å²) in [6, 6.07) is 6.54. The molecule has 0 aliphatic heterocycles. The third kappa shape index (κ3) is 4.33. The van der Waals surface area contributed by atoms with E-state index in [1.807, 2.05) is 0 Å². The maximum atomic E-state index is 11.3. The van der Waals surface area contributed by atoms with Crippen molar-refractivity contribution in [1.29, 1.82) is 5.41 Å². The van der Waals surface area contributed by atoms with Gasteiger partial charge in [0.1, 0.15) is 5.84 Å². The summed E-state index contributed by atoms with van der Waals surface area (Å²) in [5, 5.41) is 9.81. The smallest absolute Gasteiger partial charge is 0.224 e. The Hall–Kier alpha value is -2.37. The first kappa shape index (κ1) is 12.7. The lowest BCUT2D eigenvalue weighted by Gasteiger charge is -2.05. The summed E-state index contributed by atoms with van der Waals surface area (Å²) >= 11 is 0. The van der Waals surface area contributed by atoms with Gasteiger partial charge in [0, 0.05) is 24.1 Å². The van der Waals surface area contributed by atoms with Gasteiger partial charge in [0.2, 0.25) is 11.8 Å². The van der Waals surface area contributed by atoms with E-state index in [1.54, 1.807) is 24.3 Å². The minimum Gasteiger partial charge on any atom is -0.384 e. The van der Waals surface area contributed by atoms with Crippen LogP contribution in [0.15, 0.2) is 24.3 Å². The van der Waals surface area contributed by atoms with Crippen molar-refractivity contribution in [1.82, 2.24) is 0 Å². The summed E-state index contributed by atoms with van der Waals surface area (Å²) in [6.45, 7) is 0. The average Bonchev–Trinajstić information content (AvgIpc) is 2.27. The molecule has 1 rings (SSSR count). The highest BCUT2D eigenvalue weighted by molar-refractivity contribution is 5.96. The van der Waals surface area contributed by atoms with Crippen molar-refractivity contribution in [3.8, 4) is 0 Å². The first-order valence-electron chi connectivity index (χ1n) is 5.01. The molecule has 0 unspecified atom stereocenters. The lowest BCUT2D eigenvalue weighted by molar-refractivity contribution is -0.122. The molecule has 1 aromatic rings. The Balaban J connectivity index is 2.54. The average molecular weight is 234 g/mol. The summed E-state index contributed by atoms with van der Waals surface area (Å²) in [5.41, 5.74) is 11.4. The Labute approximate surface area is 98.5 Å². The lowest BCUT2D eigenvalue weighted by atomic mass is 10.2. The van der Waals surface area contributed by atoms with Crippen LogP contribution in [0.4, 0.5) is 5.69 Å². The van der Waals surface area contributed by atoms with Crippen LogP contribution < -0.4 is 16.8 Å². The van der Waals surface area contributed by atoms with Crippen LogP contribution in [0.3, 0.4) is 0 Å². The second-order valence-corrected chi connectivity index (χ2v) is 3.51. The number of hydrogen-bond acceptors (Lipinski definition) is 3. The molecule has 0 aliphatic rings. The monoisotopic (exact) mass is 234 g/mol. The Morgan fingerprint density at radius 3 is 2.18 bits per heavy atom. The highest BCUT2D eigenvalue weighted by atomic mass is 16.2. The van der Waals surface area contributed by atoms with E-state index in [4.69, 9.17) is 16.9 Å². The number of nitrogens with one attached hydrogen (secondary N) is 2. The number of amides is 2. The SMILES string of the molecule is N=C(N)c1ccc(NC(=O)CCC(N)=O)cc1. The molecule has 1 aromatic carbocycles. The van der Waals surface area contributed by atoms with Gasteiger partial charge in [-0.1, -0.05) is 0 Å². The predicted molar refractivity (Wildman–Crippen MR) is 64.5 cm³/mol. The molecule has 0 saturated heterocycles. The second kappa shape index (κ2) is 5.64. The quantitative estimate of drug-likeness (QED) is 0.429. The van der Waals surface area contributed by atoms with E-state index in [0.29, 0.717) is 11.3 Å². The van der Waals surface area contributed by atoms with E-state index >= 15 is 0 Å². The Kier molecular flexibility index (Phi) is 4.21. The maximum absolute atomic E-state index is 11.3. The molecule has 0 radical (unpaired) electrons. The highest BCUT2D eigenvalue weighted by Gasteiger charge is 2.04.